The van der Waals surface area contributed by atoms with Crippen LogP contribution in [-0.2, 0) is 0 Å². The molecule has 0 spiro atoms. The molecule has 0 atom stereocenters. The van der Waals surface area contributed by atoms with Crippen molar-refractivity contribution < 1.29 is 4.79 Å². The van der Waals surface area contributed by atoms with Crippen molar-refractivity contribution in [2.24, 2.45) is 5.73 Å². The van der Waals surface area contributed by atoms with Crippen LogP contribution in [0.3, 0.4) is 0 Å². The van der Waals surface area contributed by atoms with Crippen LogP contribution in [0.15, 0.2) is 18.2 Å². The predicted octanol–water partition coefficient (Wildman–Crippen LogP) is 0.657. The van der Waals surface area contributed by atoms with Gasteiger partial charge in [-0.2, -0.15) is 0 Å². The van der Waals surface area contributed by atoms with E-state index in [0.717, 1.165) is 16.9 Å². The lowest BCUT2D eigenvalue weighted by Crippen LogP contribution is -2.33. The van der Waals surface area contributed by atoms with Crippen LogP contribution in [0.2, 0.25) is 0 Å². The zero-order chi connectivity index (χ0) is 11.3. The minimum Gasteiger partial charge on any atom is -0.399 e. The maximum absolute atomic E-state index is 10.4. The molecule has 15 heavy (non-hydrogen) atoms. The molecule has 0 aromatic heterocycles. The number of nitrogen functional groups attached to an aromatic ring is 1. The fourth-order valence-corrected chi connectivity index (χ4v) is 1.27. The Kier molecular flexibility index (Phi) is 3.79. The van der Waals surface area contributed by atoms with Crippen LogP contribution in [0.25, 0.3) is 0 Å². The Morgan fingerprint density at radius 1 is 1.40 bits per heavy atom. The van der Waals surface area contributed by atoms with Gasteiger partial charge in [-0.3, -0.25) is 0 Å². The molecule has 1 aromatic rings. The monoisotopic (exact) mass is 208 g/mol. The van der Waals surface area contributed by atoms with Crippen molar-refractivity contribution in [3.05, 3.63) is 23.8 Å². The Morgan fingerprint density at radius 3 is 2.73 bits per heavy atom. The van der Waals surface area contributed by atoms with Crippen molar-refractivity contribution >= 4 is 17.4 Å². The summed E-state index contributed by atoms with van der Waals surface area (Å²) in [7, 11) is 0. The van der Waals surface area contributed by atoms with Crippen molar-refractivity contribution in [2.45, 2.75) is 6.92 Å². The van der Waals surface area contributed by atoms with Crippen molar-refractivity contribution in [1.29, 1.82) is 0 Å². The second-order valence-corrected chi connectivity index (χ2v) is 3.29. The van der Waals surface area contributed by atoms with Gasteiger partial charge in [-0.05, 0) is 30.7 Å². The Bertz CT molecular complexity index is 351. The molecule has 0 saturated carbocycles. The molecule has 1 aromatic carbocycles. The molecule has 0 aliphatic heterocycles. The molecule has 0 aliphatic carbocycles. The molecule has 6 N–H and O–H groups in total. The molecule has 1 rings (SSSR count). The van der Waals surface area contributed by atoms with E-state index in [9.17, 15) is 4.79 Å². The number of nitrogens with two attached hydrogens (primary N) is 2. The van der Waals surface area contributed by atoms with E-state index in [1.54, 1.807) is 0 Å². The molecule has 2 amide bonds. The first-order valence-corrected chi connectivity index (χ1v) is 4.73. The molecule has 82 valence electrons. The number of hydrogen-bond acceptors (Lipinski definition) is 3. The lowest BCUT2D eigenvalue weighted by Gasteiger charge is -2.09. The van der Waals surface area contributed by atoms with Gasteiger partial charge in [-0.1, -0.05) is 0 Å². The van der Waals surface area contributed by atoms with E-state index in [1.165, 1.54) is 0 Å². The number of carbonyl (C=O) groups excluding carboxylic acids is 1. The van der Waals surface area contributed by atoms with Crippen LogP contribution >= 0.6 is 0 Å². The summed E-state index contributed by atoms with van der Waals surface area (Å²) >= 11 is 0. The Morgan fingerprint density at radius 2 is 2.13 bits per heavy atom. The number of amides is 2. The summed E-state index contributed by atoms with van der Waals surface area (Å²) < 4.78 is 0. The van der Waals surface area contributed by atoms with E-state index in [-0.39, 0.29) is 0 Å². The highest BCUT2D eigenvalue weighted by atomic mass is 16.2. The van der Waals surface area contributed by atoms with Gasteiger partial charge >= 0.3 is 6.03 Å². The molecule has 0 radical (unpaired) electrons. The van der Waals surface area contributed by atoms with Crippen molar-refractivity contribution in [3.8, 4) is 0 Å². The maximum Gasteiger partial charge on any atom is 0.312 e. The van der Waals surface area contributed by atoms with Crippen LogP contribution in [0.5, 0.6) is 0 Å². The first kappa shape index (κ1) is 11.2. The molecule has 0 heterocycles. The number of aryl methyl sites for hydroxylation is 1. The minimum atomic E-state index is -0.508. The molecule has 0 unspecified atom stereocenters. The Hall–Kier alpha value is -1.91. The van der Waals surface area contributed by atoms with Gasteiger partial charge in [-0.25, -0.2) is 4.79 Å². The molecule has 0 aliphatic rings. The number of anilines is 2. The predicted molar refractivity (Wildman–Crippen MR) is 61.7 cm³/mol. The summed E-state index contributed by atoms with van der Waals surface area (Å²) in [5.41, 5.74) is 13.4. The van der Waals surface area contributed by atoms with Crippen LogP contribution in [0.1, 0.15) is 5.56 Å². The Labute approximate surface area is 88.8 Å². The smallest absolute Gasteiger partial charge is 0.312 e. The van der Waals surface area contributed by atoms with Crippen LogP contribution in [0.4, 0.5) is 16.2 Å². The summed E-state index contributed by atoms with van der Waals surface area (Å²) in [5.74, 6) is 0. The topological polar surface area (TPSA) is 93.2 Å². The summed E-state index contributed by atoms with van der Waals surface area (Å²) in [4.78, 5) is 10.4. The van der Waals surface area contributed by atoms with Gasteiger partial charge in [0, 0.05) is 24.5 Å². The van der Waals surface area contributed by atoms with E-state index in [1.807, 2.05) is 25.1 Å². The summed E-state index contributed by atoms with van der Waals surface area (Å²) in [6, 6.07) is 5.13. The van der Waals surface area contributed by atoms with E-state index >= 15 is 0 Å². The van der Waals surface area contributed by atoms with Gasteiger partial charge in [0.1, 0.15) is 0 Å². The highest BCUT2D eigenvalue weighted by Gasteiger charge is 1.97. The van der Waals surface area contributed by atoms with E-state index in [2.05, 4.69) is 10.6 Å². The molecule has 5 nitrogen and oxygen atoms in total. The van der Waals surface area contributed by atoms with Gasteiger partial charge in [-0.15, -0.1) is 0 Å². The number of nitrogens with one attached hydrogen (secondary N) is 2. The maximum atomic E-state index is 10.4. The largest absolute Gasteiger partial charge is 0.399 e. The van der Waals surface area contributed by atoms with Gasteiger partial charge in [0.15, 0.2) is 0 Å². The lowest BCUT2D eigenvalue weighted by atomic mass is 10.2. The van der Waals surface area contributed by atoms with Crippen LogP contribution in [0, 0.1) is 6.92 Å². The van der Waals surface area contributed by atoms with Crippen LogP contribution < -0.4 is 22.1 Å². The zero-order valence-corrected chi connectivity index (χ0v) is 8.71. The first-order valence-electron chi connectivity index (χ1n) is 4.73. The Balaban J connectivity index is 2.40. The number of hydrogen-bond donors (Lipinski definition) is 4. The average molecular weight is 208 g/mol. The quantitative estimate of drug-likeness (QED) is 0.432. The molecule has 0 bridgehead atoms. The zero-order valence-electron chi connectivity index (χ0n) is 8.71. The van der Waals surface area contributed by atoms with Crippen molar-refractivity contribution in [3.63, 3.8) is 0 Å². The normalized spacial score (nSPS) is 9.67. The number of rotatable bonds is 4. The average Bonchev–Trinajstić information content (AvgIpc) is 2.14. The van der Waals surface area contributed by atoms with Crippen molar-refractivity contribution in [2.75, 3.05) is 24.1 Å². The van der Waals surface area contributed by atoms with Gasteiger partial charge in [0.2, 0.25) is 0 Å². The third-order valence-corrected chi connectivity index (χ3v) is 1.99. The SMILES string of the molecule is Cc1cc(N)ccc1NCCNC(N)=O. The molecule has 5 heteroatoms. The number of urea groups is 1. The summed E-state index contributed by atoms with van der Waals surface area (Å²) in [5, 5.41) is 5.67. The fraction of sp³-hybridized carbons (Fsp3) is 0.300. The molecule has 0 saturated heterocycles. The standard InChI is InChI=1S/C10H16N4O/c1-7-6-8(11)2-3-9(7)13-4-5-14-10(12)15/h2-3,6,13H,4-5,11H2,1H3,(H3,12,14,15). The highest BCUT2D eigenvalue weighted by Crippen LogP contribution is 2.16. The minimum absolute atomic E-state index is 0.499. The number of carbonyl (C=O) groups is 1. The summed E-state index contributed by atoms with van der Waals surface area (Å²) in [6.45, 7) is 3.10. The van der Waals surface area contributed by atoms with E-state index in [4.69, 9.17) is 11.5 Å². The second kappa shape index (κ2) is 5.09. The highest BCUT2D eigenvalue weighted by molar-refractivity contribution is 5.71. The first-order chi connectivity index (χ1) is 7.09. The van der Waals surface area contributed by atoms with Gasteiger partial charge < -0.3 is 22.1 Å². The van der Waals surface area contributed by atoms with E-state index in [0.29, 0.717) is 13.1 Å². The number of benzene rings is 1. The second-order valence-electron chi connectivity index (χ2n) is 3.29. The fourth-order valence-electron chi connectivity index (χ4n) is 1.27. The van der Waals surface area contributed by atoms with Gasteiger partial charge in [0.05, 0.1) is 0 Å². The molecule has 0 fully saturated rings. The summed E-state index contributed by atoms with van der Waals surface area (Å²) in [6.07, 6.45) is 0. The third-order valence-electron chi connectivity index (χ3n) is 1.99. The molecular weight excluding hydrogens is 192 g/mol. The molecular formula is C10H16N4O. The van der Waals surface area contributed by atoms with E-state index < -0.39 is 6.03 Å². The third kappa shape index (κ3) is 3.76. The van der Waals surface area contributed by atoms with Gasteiger partial charge in [0.25, 0.3) is 0 Å². The van der Waals surface area contributed by atoms with Crippen LogP contribution in [-0.4, -0.2) is 19.1 Å². The lowest BCUT2D eigenvalue weighted by molar-refractivity contribution is 0.249. The number of primary amides is 1. The van der Waals surface area contributed by atoms with Crippen molar-refractivity contribution in [1.82, 2.24) is 5.32 Å².